The summed E-state index contributed by atoms with van der Waals surface area (Å²) in [5, 5.41) is 0.582. The van der Waals surface area contributed by atoms with Gasteiger partial charge in [-0.15, -0.1) is 0 Å². The Labute approximate surface area is 112 Å². The maximum absolute atomic E-state index is 5.87. The predicted octanol–water partition coefficient (Wildman–Crippen LogP) is 2.78. The fourth-order valence-electron chi connectivity index (χ4n) is 1.26. The Hall–Kier alpha value is -0.840. The van der Waals surface area contributed by atoms with Crippen LogP contribution in [0, 0.1) is 0 Å². The minimum atomic E-state index is 0.193. The van der Waals surface area contributed by atoms with Crippen molar-refractivity contribution in [2.75, 3.05) is 13.2 Å². The van der Waals surface area contributed by atoms with Crippen LogP contribution in [0.5, 0.6) is 5.75 Å². The van der Waals surface area contributed by atoms with E-state index in [4.69, 9.17) is 39.0 Å². The van der Waals surface area contributed by atoms with E-state index in [0.29, 0.717) is 29.5 Å². The van der Waals surface area contributed by atoms with Gasteiger partial charge in [0, 0.05) is 5.02 Å². The number of hydrogen-bond donors (Lipinski definition) is 1. The van der Waals surface area contributed by atoms with Crippen molar-refractivity contribution >= 4 is 28.8 Å². The van der Waals surface area contributed by atoms with Gasteiger partial charge in [-0.2, -0.15) is 0 Å². The summed E-state index contributed by atoms with van der Waals surface area (Å²) in [5.74, 6) is 0.634. The molecule has 0 spiro atoms. The largest absolute Gasteiger partial charge is 0.490 e. The highest BCUT2D eigenvalue weighted by Crippen LogP contribution is 2.22. The molecule has 0 atom stereocenters. The first-order valence-electron chi connectivity index (χ1n) is 5.34. The molecule has 0 radical (unpaired) electrons. The molecule has 94 valence electrons. The molecule has 0 aromatic heterocycles. The molecule has 1 rings (SSSR count). The van der Waals surface area contributed by atoms with Gasteiger partial charge in [0.15, 0.2) is 0 Å². The summed E-state index contributed by atoms with van der Waals surface area (Å²) in [5.41, 5.74) is 6.25. The minimum absolute atomic E-state index is 0.193. The Balaban J connectivity index is 2.61. The molecule has 0 aliphatic rings. The molecule has 1 aromatic carbocycles. The summed E-state index contributed by atoms with van der Waals surface area (Å²) < 4.78 is 10.9. The first kappa shape index (κ1) is 14.2. The van der Waals surface area contributed by atoms with Crippen LogP contribution in [-0.4, -0.2) is 24.3 Å². The third-order valence-electron chi connectivity index (χ3n) is 2.00. The fraction of sp³-hybridized carbons (Fsp3) is 0.417. The lowest BCUT2D eigenvalue weighted by Gasteiger charge is -2.12. The SMILES string of the molecule is CC(C)OCCOc1ccc(Cl)cc1C(N)=S. The molecule has 1 aromatic rings. The molecule has 0 aliphatic heterocycles. The molecule has 0 heterocycles. The molecule has 2 N–H and O–H groups in total. The third kappa shape index (κ3) is 4.89. The van der Waals surface area contributed by atoms with Gasteiger partial charge in [0.25, 0.3) is 0 Å². The van der Waals surface area contributed by atoms with E-state index in [9.17, 15) is 0 Å². The molecule has 3 nitrogen and oxygen atoms in total. The smallest absolute Gasteiger partial charge is 0.129 e. The van der Waals surface area contributed by atoms with Gasteiger partial charge >= 0.3 is 0 Å². The van der Waals surface area contributed by atoms with Crippen molar-refractivity contribution < 1.29 is 9.47 Å². The van der Waals surface area contributed by atoms with E-state index in [1.807, 2.05) is 13.8 Å². The summed E-state index contributed by atoms with van der Waals surface area (Å²) in [6.45, 7) is 4.93. The Morgan fingerprint density at radius 3 is 2.71 bits per heavy atom. The lowest BCUT2D eigenvalue weighted by molar-refractivity contribution is 0.0552. The summed E-state index contributed by atoms with van der Waals surface area (Å²) >= 11 is 10.8. The van der Waals surface area contributed by atoms with Gasteiger partial charge in [-0.3, -0.25) is 0 Å². The Kier molecular flexibility index (Phi) is 5.68. The van der Waals surface area contributed by atoms with Crippen molar-refractivity contribution in [3.05, 3.63) is 28.8 Å². The maximum Gasteiger partial charge on any atom is 0.129 e. The van der Waals surface area contributed by atoms with Crippen LogP contribution in [0.2, 0.25) is 5.02 Å². The van der Waals surface area contributed by atoms with E-state index < -0.39 is 0 Å². The average molecular weight is 274 g/mol. The molecule has 0 bridgehead atoms. The number of benzene rings is 1. The van der Waals surface area contributed by atoms with Crippen molar-refractivity contribution in [2.24, 2.45) is 5.73 Å². The molecule has 0 aliphatic carbocycles. The molecule has 5 heteroatoms. The summed E-state index contributed by atoms with van der Waals surface area (Å²) in [6.07, 6.45) is 0.193. The summed E-state index contributed by atoms with van der Waals surface area (Å²) in [6, 6.07) is 5.19. The van der Waals surface area contributed by atoms with Gasteiger partial charge in [-0.25, -0.2) is 0 Å². The number of rotatable bonds is 6. The van der Waals surface area contributed by atoms with Gasteiger partial charge in [-0.05, 0) is 32.0 Å². The van der Waals surface area contributed by atoms with Crippen LogP contribution in [0.1, 0.15) is 19.4 Å². The zero-order chi connectivity index (χ0) is 12.8. The number of ether oxygens (including phenoxy) is 2. The molecule has 17 heavy (non-hydrogen) atoms. The summed E-state index contributed by atoms with van der Waals surface area (Å²) in [4.78, 5) is 0.271. The van der Waals surface area contributed by atoms with Gasteiger partial charge in [0.1, 0.15) is 17.3 Å². The van der Waals surface area contributed by atoms with Crippen molar-refractivity contribution in [3.63, 3.8) is 0 Å². The number of hydrogen-bond acceptors (Lipinski definition) is 3. The van der Waals surface area contributed by atoms with Crippen LogP contribution >= 0.6 is 23.8 Å². The highest BCUT2D eigenvalue weighted by atomic mass is 35.5. The van der Waals surface area contributed by atoms with E-state index in [1.165, 1.54) is 0 Å². The third-order valence-corrected chi connectivity index (χ3v) is 2.45. The van der Waals surface area contributed by atoms with Crippen LogP contribution in [0.3, 0.4) is 0 Å². The van der Waals surface area contributed by atoms with E-state index in [1.54, 1.807) is 18.2 Å². The number of thiocarbonyl (C=S) groups is 1. The van der Waals surface area contributed by atoms with Crippen LogP contribution in [0.15, 0.2) is 18.2 Å². The van der Waals surface area contributed by atoms with E-state index >= 15 is 0 Å². The standard InChI is InChI=1S/C12H16ClNO2S/c1-8(2)15-5-6-16-11-4-3-9(13)7-10(11)12(14)17/h3-4,7-8H,5-6H2,1-2H3,(H2,14,17). The minimum Gasteiger partial charge on any atom is -0.490 e. The molecular weight excluding hydrogens is 258 g/mol. The van der Waals surface area contributed by atoms with Crippen molar-refractivity contribution in [1.29, 1.82) is 0 Å². The van der Waals surface area contributed by atoms with Crippen LogP contribution in [-0.2, 0) is 4.74 Å². The van der Waals surface area contributed by atoms with Crippen LogP contribution in [0.25, 0.3) is 0 Å². The highest BCUT2D eigenvalue weighted by Gasteiger charge is 2.07. The number of nitrogens with two attached hydrogens (primary N) is 1. The fourth-order valence-corrected chi connectivity index (χ4v) is 1.59. The zero-order valence-corrected chi connectivity index (χ0v) is 11.5. The lowest BCUT2D eigenvalue weighted by atomic mass is 10.2. The van der Waals surface area contributed by atoms with E-state index in [2.05, 4.69) is 0 Å². The van der Waals surface area contributed by atoms with E-state index in [0.717, 1.165) is 0 Å². The molecule has 0 unspecified atom stereocenters. The van der Waals surface area contributed by atoms with Crippen molar-refractivity contribution in [3.8, 4) is 5.75 Å². The maximum atomic E-state index is 5.87. The molecular formula is C12H16ClNO2S. The highest BCUT2D eigenvalue weighted by molar-refractivity contribution is 7.80. The first-order valence-corrected chi connectivity index (χ1v) is 6.13. The Bertz CT molecular complexity index is 396. The molecule has 0 saturated heterocycles. The van der Waals surface area contributed by atoms with Gasteiger partial charge in [-0.1, -0.05) is 23.8 Å². The summed E-state index contributed by atoms with van der Waals surface area (Å²) in [7, 11) is 0. The Morgan fingerprint density at radius 2 is 2.12 bits per heavy atom. The lowest BCUT2D eigenvalue weighted by Crippen LogP contribution is -2.15. The predicted molar refractivity (Wildman–Crippen MR) is 73.9 cm³/mol. The topological polar surface area (TPSA) is 44.5 Å². The second kappa shape index (κ2) is 6.79. The molecule has 0 amide bonds. The monoisotopic (exact) mass is 273 g/mol. The van der Waals surface area contributed by atoms with Crippen LogP contribution in [0.4, 0.5) is 0 Å². The zero-order valence-electron chi connectivity index (χ0n) is 9.90. The van der Waals surface area contributed by atoms with Crippen LogP contribution < -0.4 is 10.5 Å². The Morgan fingerprint density at radius 1 is 1.41 bits per heavy atom. The quantitative estimate of drug-likeness (QED) is 0.639. The molecule has 0 saturated carbocycles. The average Bonchev–Trinajstić information content (AvgIpc) is 2.25. The van der Waals surface area contributed by atoms with Crippen molar-refractivity contribution in [1.82, 2.24) is 0 Å². The normalized spacial score (nSPS) is 10.6. The van der Waals surface area contributed by atoms with E-state index in [-0.39, 0.29) is 11.1 Å². The molecule has 0 fully saturated rings. The van der Waals surface area contributed by atoms with Gasteiger partial charge in [0.2, 0.25) is 0 Å². The first-order chi connectivity index (χ1) is 8.00. The number of halogens is 1. The second-order valence-corrected chi connectivity index (χ2v) is 4.65. The second-order valence-electron chi connectivity index (χ2n) is 3.77. The van der Waals surface area contributed by atoms with Crippen molar-refractivity contribution in [2.45, 2.75) is 20.0 Å². The van der Waals surface area contributed by atoms with Gasteiger partial charge < -0.3 is 15.2 Å². The van der Waals surface area contributed by atoms with Gasteiger partial charge in [0.05, 0.1) is 18.3 Å².